The van der Waals surface area contributed by atoms with E-state index >= 15 is 0 Å². The molecule has 0 saturated carbocycles. The van der Waals surface area contributed by atoms with Crippen molar-refractivity contribution in [2.24, 2.45) is 0 Å². The quantitative estimate of drug-likeness (QED) is 0.403. The molecule has 6 rings (SSSR count). The van der Waals surface area contributed by atoms with Gasteiger partial charge in [0.1, 0.15) is 5.65 Å². The van der Waals surface area contributed by atoms with Crippen LogP contribution in [0, 0.1) is 0 Å². The predicted octanol–water partition coefficient (Wildman–Crippen LogP) is 4.14. The van der Waals surface area contributed by atoms with Crippen LogP contribution in [0.2, 0.25) is 0 Å². The molecule has 0 spiro atoms. The number of hydrogen-bond acceptors (Lipinski definition) is 8. The Bertz CT molecular complexity index is 1640. The number of rotatable bonds is 4. The summed E-state index contributed by atoms with van der Waals surface area (Å²) in [4.78, 5) is 20.9. The molecule has 172 valence electrons. The first kappa shape index (κ1) is 21.2. The molecule has 1 aliphatic rings. The number of morpholine rings is 1. The molecule has 1 fully saturated rings. The summed E-state index contributed by atoms with van der Waals surface area (Å²) in [6.45, 7) is 2.79. The van der Waals surface area contributed by atoms with E-state index in [1.165, 1.54) is 6.26 Å². The number of aromatic amines is 1. The minimum absolute atomic E-state index is 0.300. The monoisotopic (exact) mass is 491 g/mol. The van der Waals surface area contributed by atoms with Crippen LogP contribution in [-0.4, -0.2) is 60.9 Å². The van der Waals surface area contributed by atoms with Gasteiger partial charge in [0, 0.05) is 47.6 Å². The van der Waals surface area contributed by atoms with Crippen LogP contribution >= 0.6 is 11.3 Å². The molecular formula is C24H21N5O3S2. The van der Waals surface area contributed by atoms with Crippen LogP contribution in [0.3, 0.4) is 0 Å². The van der Waals surface area contributed by atoms with Gasteiger partial charge in [-0.25, -0.2) is 23.4 Å². The van der Waals surface area contributed by atoms with Gasteiger partial charge in [0.05, 0.1) is 28.3 Å². The molecule has 0 amide bonds. The summed E-state index contributed by atoms with van der Waals surface area (Å²) in [5.74, 6) is 1.48. The van der Waals surface area contributed by atoms with E-state index in [-0.39, 0.29) is 0 Å². The Morgan fingerprint density at radius 2 is 1.91 bits per heavy atom. The molecule has 34 heavy (non-hydrogen) atoms. The van der Waals surface area contributed by atoms with E-state index in [2.05, 4.69) is 14.9 Å². The van der Waals surface area contributed by atoms with Gasteiger partial charge in [-0.1, -0.05) is 12.1 Å². The molecular weight excluding hydrogens is 470 g/mol. The first-order valence-electron chi connectivity index (χ1n) is 10.8. The second-order valence-corrected chi connectivity index (χ2v) is 11.3. The Morgan fingerprint density at radius 1 is 1.06 bits per heavy atom. The number of benzene rings is 1. The van der Waals surface area contributed by atoms with E-state index in [0.717, 1.165) is 56.2 Å². The molecule has 1 aliphatic heterocycles. The number of nitrogens with zero attached hydrogens (tertiary/aromatic N) is 4. The van der Waals surface area contributed by atoms with E-state index in [4.69, 9.17) is 14.7 Å². The number of aromatic nitrogens is 4. The highest BCUT2D eigenvalue weighted by Crippen LogP contribution is 2.39. The van der Waals surface area contributed by atoms with Crippen molar-refractivity contribution >= 4 is 48.2 Å². The maximum absolute atomic E-state index is 12.1. The van der Waals surface area contributed by atoms with Gasteiger partial charge < -0.3 is 14.6 Å². The third-order valence-corrected chi connectivity index (χ3v) is 8.15. The second kappa shape index (κ2) is 8.15. The molecule has 1 aromatic carbocycles. The molecule has 4 aromatic heterocycles. The largest absolute Gasteiger partial charge is 0.378 e. The Hall–Kier alpha value is -3.34. The molecule has 8 nitrogen and oxygen atoms in total. The third-order valence-electron chi connectivity index (χ3n) is 5.87. The fraction of sp³-hybridized carbons (Fsp3) is 0.208. The highest BCUT2D eigenvalue weighted by molar-refractivity contribution is 7.90. The van der Waals surface area contributed by atoms with Crippen LogP contribution in [0.25, 0.3) is 43.1 Å². The topological polar surface area (TPSA) is 101 Å². The van der Waals surface area contributed by atoms with E-state index in [0.29, 0.717) is 23.9 Å². The fourth-order valence-corrected chi connectivity index (χ4v) is 5.90. The van der Waals surface area contributed by atoms with Crippen molar-refractivity contribution in [3.05, 3.63) is 54.9 Å². The lowest BCUT2D eigenvalue weighted by molar-refractivity contribution is 0.122. The third kappa shape index (κ3) is 3.83. The van der Waals surface area contributed by atoms with Crippen molar-refractivity contribution in [1.82, 2.24) is 19.9 Å². The molecule has 0 aliphatic carbocycles. The lowest BCUT2D eigenvalue weighted by Gasteiger charge is -2.28. The molecule has 5 heterocycles. The zero-order valence-electron chi connectivity index (χ0n) is 18.4. The zero-order valence-corrected chi connectivity index (χ0v) is 20.0. The standard InChI is InChI=1S/C24H21N5O3S2/c1-34(30,31)18-4-2-3-15(12-18)20-13-19-21(33-20)24(29-7-9-32-10-8-29)28-23(27-19)17-11-16-5-6-25-22(16)26-14-17/h2-6,11-14H,7-10H2,1H3,(H,25,26). The van der Waals surface area contributed by atoms with Gasteiger partial charge in [0.25, 0.3) is 0 Å². The SMILES string of the molecule is CS(=O)(=O)c1cccc(-c2cc3nc(-c4cnc5[nH]ccc5c4)nc(N4CCOCC4)c3s2)c1. The van der Waals surface area contributed by atoms with Gasteiger partial charge in [-0.3, -0.25) is 0 Å². The van der Waals surface area contributed by atoms with Crippen LogP contribution in [-0.2, 0) is 14.6 Å². The Labute approximate surface area is 200 Å². The maximum Gasteiger partial charge on any atom is 0.175 e. The summed E-state index contributed by atoms with van der Waals surface area (Å²) < 4.78 is 30.7. The average molecular weight is 492 g/mol. The fourth-order valence-electron chi connectivity index (χ4n) is 4.12. The first-order valence-corrected chi connectivity index (χ1v) is 13.5. The number of nitrogens with one attached hydrogen (secondary N) is 1. The van der Waals surface area contributed by atoms with Crippen molar-refractivity contribution in [1.29, 1.82) is 0 Å². The number of hydrogen-bond donors (Lipinski definition) is 1. The molecule has 0 atom stereocenters. The van der Waals surface area contributed by atoms with Gasteiger partial charge in [0.2, 0.25) is 0 Å². The predicted molar refractivity (Wildman–Crippen MR) is 134 cm³/mol. The summed E-state index contributed by atoms with van der Waals surface area (Å²) in [5.41, 5.74) is 3.33. The molecule has 5 aromatic rings. The molecule has 1 saturated heterocycles. The van der Waals surface area contributed by atoms with Crippen molar-refractivity contribution in [3.63, 3.8) is 0 Å². The van der Waals surface area contributed by atoms with Crippen LogP contribution in [0.4, 0.5) is 5.82 Å². The van der Waals surface area contributed by atoms with Crippen molar-refractivity contribution < 1.29 is 13.2 Å². The summed E-state index contributed by atoms with van der Waals surface area (Å²) in [6.07, 6.45) is 4.87. The summed E-state index contributed by atoms with van der Waals surface area (Å²) in [7, 11) is -3.30. The molecule has 0 unspecified atom stereocenters. The Balaban J connectivity index is 1.53. The van der Waals surface area contributed by atoms with E-state index in [1.807, 2.05) is 30.5 Å². The van der Waals surface area contributed by atoms with E-state index in [9.17, 15) is 8.42 Å². The minimum Gasteiger partial charge on any atom is -0.378 e. The van der Waals surface area contributed by atoms with Crippen molar-refractivity contribution in [2.75, 3.05) is 37.5 Å². The van der Waals surface area contributed by atoms with E-state index in [1.54, 1.807) is 35.7 Å². The van der Waals surface area contributed by atoms with Crippen molar-refractivity contribution in [2.45, 2.75) is 4.90 Å². The van der Waals surface area contributed by atoms with Gasteiger partial charge >= 0.3 is 0 Å². The van der Waals surface area contributed by atoms with Crippen LogP contribution in [0.15, 0.2) is 59.8 Å². The number of H-pyrrole nitrogens is 1. The Morgan fingerprint density at radius 3 is 2.74 bits per heavy atom. The molecule has 10 heteroatoms. The van der Waals surface area contributed by atoms with Crippen LogP contribution < -0.4 is 4.90 Å². The van der Waals surface area contributed by atoms with E-state index < -0.39 is 9.84 Å². The number of ether oxygens (including phenoxy) is 1. The molecule has 0 bridgehead atoms. The Kier molecular flexibility index (Phi) is 5.09. The number of sulfone groups is 1. The number of anilines is 1. The van der Waals surface area contributed by atoms with Gasteiger partial charge in [0.15, 0.2) is 21.5 Å². The van der Waals surface area contributed by atoms with Gasteiger partial charge in [-0.15, -0.1) is 11.3 Å². The normalized spacial score (nSPS) is 14.8. The smallest absolute Gasteiger partial charge is 0.175 e. The molecule has 1 N–H and O–H groups in total. The number of thiophene rings is 1. The maximum atomic E-state index is 12.1. The van der Waals surface area contributed by atoms with Crippen LogP contribution in [0.5, 0.6) is 0 Å². The van der Waals surface area contributed by atoms with Crippen molar-refractivity contribution in [3.8, 4) is 21.8 Å². The number of fused-ring (bicyclic) bond motifs is 2. The number of pyridine rings is 1. The second-order valence-electron chi connectivity index (χ2n) is 8.23. The van der Waals surface area contributed by atoms with Gasteiger partial charge in [-0.2, -0.15) is 0 Å². The summed E-state index contributed by atoms with van der Waals surface area (Å²) in [5, 5.41) is 0.998. The minimum atomic E-state index is -3.30. The average Bonchev–Trinajstić information content (AvgIpc) is 3.50. The zero-order chi connectivity index (χ0) is 23.3. The summed E-state index contributed by atoms with van der Waals surface area (Å²) in [6, 6.07) is 13.1. The lowest BCUT2D eigenvalue weighted by Crippen LogP contribution is -2.36. The van der Waals surface area contributed by atoms with Gasteiger partial charge in [-0.05, 0) is 35.9 Å². The van der Waals surface area contributed by atoms with Crippen LogP contribution in [0.1, 0.15) is 0 Å². The summed E-state index contributed by atoms with van der Waals surface area (Å²) >= 11 is 1.57. The first-order chi connectivity index (χ1) is 16.5. The highest BCUT2D eigenvalue weighted by Gasteiger charge is 2.21. The highest BCUT2D eigenvalue weighted by atomic mass is 32.2. The lowest BCUT2D eigenvalue weighted by atomic mass is 10.2. The molecule has 0 radical (unpaired) electrons.